The van der Waals surface area contributed by atoms with Gasteiger partial charge in [-0.15, -0.1) is 0 Å². The van der Waals surface area contributed by atoms with Gasteiger partial charge < -0.3 is 15.0 Å². The predicted octanol–water partition coefficient (Wildman–Crippen LogP) is -0.876. The molecule has 1 aromatic heterocycles. The zero-order chi connectivity index (χ0) is 14.0. The van der Waals surface area contributed by atoms with E-state index < -0.39 is 27.8 Å². The van der Waals surface area contributed by atoms with Crippen molar-refractivity contribution < 1.29 is 23.1 Å². The first-order valence-corrected chi connectivity index (χ1v) is 7.43. The number of hydrogen-bond acceptors (Lipinski definition) is 5. The Morgan fingerprint density at radius 1 is 1.53 bits per heavy atom. The van der Waals surface area contributed by atoms with Crippen molar-refractivity contribution in [2.75, 3.05) is 18.1 Å². The topological polar surface area (TPSA) is 120 Å². The van der Waals surface area contributed by atoms with Crippen LogP contribution in [0.5, 0.6) is 0 Å². The van der Waals surface area contributed by atoms with Gasteiger partial charge in [-0.1, -0.05) is 0 Å². The molecular formula is C10H13N3O5S. The molecule has 0 radical (unpaired) electrons. The van der Waals surface area contributed by atoms with Gasteiger partial charge in [0.1, 0.15) is 5.69 Å². The van der Waals surface area contributed by atoms with E-state index in [9.17, 15) is 18.0 Å². The third-order valence-electron chi connectivity index (χ3n) is 2.93. The van der Waals surface area contributed by atoms with E-state index in [-0.39, 0.29) is 30.2 Å². The number of carbonyl (C=O) groups is 2. The van der Waals surface area contributed by atoms with Crippen LogP contribution < -0.4 is 0 Å². The molecule has 2 rings (SSSR count). The number of aliphatic carboxylic acids is 1. The summed E-state index contributed by atoms with van der Waals surface area (Å²) in [6.45, 7) is -0.00185. The maximum Gasteiger partial charge on any atom is 0.305 e. The number of imidazole rings is 1. The molecular weight excluding hydrogens is 274 g/mol. The van der Waals surface area contributed by atoms with Gasteiger partial charge in [-0.2, -0.15) is 0 Å². The third kappa shape index (κ3) is 3.11. The predicted molar refractivity (Wildman–Crippen MR) is 64.3 cm³/mol. The SMILES string of the molecule is O=C(O)CC1CS(=O)(=O)CCN1C(=O)c1cnc[nH]1. The van der Waals surface area contributed by atoms with Crippen LogP contribution in [-0.2, 0) is 14.6 Å². The minimum absolute atomic E-state index is 0.00185. The molecule has 0 spiro atoms. The van der Waals surface area contributed by atoms with Crippen molar-refractivity contribution in [2.45, 2.75) is 12.5 Å². The highest BCUT2D eigenvalue weighted by atomic mass is 32.2. The molecule has 19 heavy (non-hydrogen) atoms. The number of aromatic nitrogens is 2. The van der Waals surface area contributed by atoms with E-state index in [2.05, 4.69) is 9.97 Å². The van der Waals surface area contributed by atoms with Crippen LogP contribution >= 0.6 is 0 Å². The molecule has 104 valence electrons. The summed E-state index contributed by atoms with van der Waals surface area (Å²) in [6.07, 6.45) is 2.27. The Bertz CT molecular complexity index is 580. The van der Waals surface area contributed by atoms with Crippen molar-refractivity contribution >= 4 is 21.7 Å². The Labute approximate surface area is 109 Å². The molecule has 1 unspecified atom stereocenters. The van der Waals surface area contributed by atoms with E-state index in [4.69, 9.17) is 5.11 Å². The Balaban J connectivity index is 2.22. The lowest BCUT2D eigenvalue weighted by Crippen LogP contribution is -2.52. The number of carboxylic acid groups (broad SMARTS) is 1. The number of aromatic amines is 1. The lowest BCUT2D eigenvalue weighted by molar-refractivity contribution is -0.138. The van der Waals surface area contributed by atoms with Crippen molar-refractivity contribution in [3.8, 4) is 0 Å². The Morgan fingerprint density at radius 3 is 2.84 bits per heavy atom. The standard InChI is InChI=1S/C10H13N3O5S/c14-9(15)3-7-5-19(17,18)2-1-13(7)10(16)8-4-11-6-12-8/h4,6-7H,1-3,5H2,(H,11,12)(H,14,15). The molecule has 1 aliphatic heterocycles. The van der Waals surface area contributed by atoms with E-state index in [1.54, 1.807) is 0 Å². The van der Waals surface area contributed by atoms with Gasteiger partial charge in [0, 0.05) is 6.54 Å². The summed E-state index contributed by atoms with van der Waals surface area (Å²) in [7, 11) is -3.30. The lowest BCUT2D eigenvalue weighted by Gasteiger charge is -2.34. The summed E-state index contributed by atoms with van der Waals surface area (Å²) in [5, 5.41) is 8.81. The molecule has 1 aliphatic rings. The maximum absolute atomic E-state index is 12.1. The van der Waals surface area contributed by atoms with Crippen molar-refractivity contribution in [1.82, 2.24) is 14.9 Å². The lowest BCUT2D eigenvalue weighted by atomic mass is 10.2. The minimum Gasteiger partial charge on any atom is -0.481 e. The molecule has 0 bridgehead atoms. The molecule has 0 aliphatic carbocycles. The summed E-state index contributed by atoms with van der Waals surface area (Å²) in [5.74, 6) is -2.04. The summed E-state index contributed by atoms with van der Waals surface area (Å²) < 4.78 is 23.1. The highest BCUT2D eigenvalue weighted by Gasteiger charge is 2.36. The average Bonchev–Trinajstić information content (AvgIpc) is 2.79. The van der Waals surface area contributed by atoms with E-state index >= 15 is 0 Å². The molecule has 1 fully saturated rings. The maximum atomic E-state index is 12.1. The molecule has 0 aromatic carbocycles. The van der Waals surface area contributed by atoms with Crippen molar-refractivity contribution in [3.05, 3.63) is 18.2 Å². The van der Waals surface area contributed by atoms with Gasteiger partial charge in [0.25, 0.3) is 5.91 Å². The number of carboxylic acids is 1. The van der Waals surface area contributed by atoms with Gasteiger partial charge in [-0.25, -0.2) is 13.4 Å². The quantitative estimate of drug-likeness (QED) is 0.745. The van der Waals surface area contributed by atoms with E-state index in [1.807, 2.05) is 0 Å². The number of nitrogens with one attached hydrogen (secondary N) is 1. The van der Waals surface area contributed by atoms with E-state index in [0.717, 1.165) is 0 Å². The fraction of sp³-hybridized carbons (Fsp3) is 0.500. The van der Waals surface area contributed by atoms with Gasteiger partial charge in [0.2, 0.25) is 0 Å². The normalized spacial score (nSPS) is 22.1. The molecule has 1 atom stereocenters. The summed E-state index contributed by atoms with van der Waals surface area (Å²) >= 11 is 0. The van der Waals surface area contributed by atoms with Crippen molar-refractivity contribution in [3.63, 3.8) is 0 Å². The van der Waals surface area contributed by atoms with Crippen LogP contribution in [0.25, 0.3) is 0 Å². The second-order valence-corrected chi connectivity index (χ2v) is 6.56. The third-order valence-corrected chi connectivity index (χ3v) is 4.63. The van der Waals surface area contributed by atoms with Gasteiger partial charge in [0.15, 0.2) is 9.84 Å². The van der Waals surface area contributed by atoms with Crippen LogP contribution in [0.4, 0.5) is 0 Å². The van der Waals surface area contributed by atoms with Crippen molar-refractivity contribution in [2.24, 2.45) is 0 Å². The molecule has 1 amide bonds. The van der Waals surface area contributed by atoms with Gasteiger partial charge in [-0.3, -0.25) is 9.59 Å². The Hall–Kier alpha value is -1.90. The average molecular weight is 287 g/mol. The van der Waals surface area contributed by atoms with Gasteiger partial charge >= 0.3 is 5.97 Å². The highest BCUT2D eigenvalue weighted by Crippen LogP contribution is 2.17. The first kappa shape index (κ1) is 13.5. The fourth-order valence-electron chi connectivity index (χ4n) is 2.05. The van der Waals surface area contributed by atoms with Crippen LogP contribution in [0, 0.1) is 0 Å². The molecule has 0 saturated carbocycles. The number of H-pyrrole nitrogens is 1. The monoisotopic (exact) mass is 287 g/mol. The fourth-order valence-corrected chi connectivity index (χ4v) is 3.58. The molecule has 2 heterocycles. The first-order chi connectivity index (χ1) is 8.89. The Morgan fingerprint density at radius 2 is 2.26 bits per heavy atom. The first-order valence-electron chi connectivity index (χ1n) is 5.60. The van der Waals surface area contributed by atoms with Gasteiger partial charge in [0.05, 0.1) is 36.5 Å². The molecule has 1 aromatic rings. The zero-order valence-corrected chi connectivity index (χ0v) is 10.8. The number of rotatable bonds is 3. The molecule has 8 nitrogen and oxygen atoms in total. The second-order valence-electron chi connectivity index (χ2n) is 4.33. The van der Waals surface area contributed by atoms with Crippen LogP contribution in [0.1, 0.15) is 16.9 Å². The zero-order valence-electron chi connectivity index (χ0n) is 9.94. The number of amides is 1. The molecule has 2 N–H and O–H groups in total. The number of hydrogen-bond donors (Lipinski definition) is 2. The number of nitrogens with zero attached hydrogens (tertiary/aromatic N) is 2. The second kappa shape index (κ2) is 5.00. The number of sulfone groups is 1. The number of carbonyl (C=O) groups excluding carboxylic acids is 1. The van der Waals surface area contributed by atoms with E-state index in [1.165, 1.54) is 17.4 Å². The summed E-state index contributed by atoms with van der Waals surface area (Å²) in [6, 6.07) is -0.841. The highest BCUT2D eigenvalue weighted by molar-refractivity contribution is 7.91. The smallest absolute Gasteiger partial charge is 0.305 e. The Kier molecular flexibility index (Phi) is 3.56. The molecule has 1 saturated heterocycles. The van der Waals surface area contributed by atoms with Gasteiger partial charge in [-0.05, 0) is 0 Å². The molecule has 9 heteroatoms. The van der Waals surface area contributed by atoms with Crippen molar-refractivity contribution in [1.29, 1.82) is 0 Å². The van der Waals surface area contributed by atoms with Crippen LogP contribution in [0.3, 0.4) is 0 Å². The summed E-state index contributed by atoms with van der Waals surface area (Å²) in [4.78, 5) is 30.5. The summed E-state index contributed by atoms with van der Waals surface area (Å²) in [5.41, 5.74) is 0.217. The van der Waals surface area contributed by atoms with Crippen LogP contribution in [0.15, 0.2) is 12.5 Å². The largest absolute Gasteiger partial charge is 0.481 e. The van der Waals surface area contributed by atoms with Crippen LogP contribution in [0.2, 0.25) is 0 Å². The van der Waals surface area contributed by atoms with E-state index in [0.29, 0.717) is 0 Å². The minimum atomic E-state index is -3.30. The van der Waals surface area contributed by atoms with Crippen LogP contribution in [-0.4, -0.2) is 64.4 Å².